The summed E-state index contributed by atoms with van der Waals surface area (Å²) in [5, 5.41) is 16.4. The fourth-order valence-corrected chi connectivity index (χ4v) is 4.49. The number of amides is 1. The highest BCUT2D eigenvalue weighted by Crippen LogP contribution is 2.20. The number of hydrogen-bond donors (Lipinski definition) is 2. The van der Waals surface area contributed by atoms with Crippen LogP contribution in [0.1, 0.15) is 10.4 Å². The number of carbonyl (C=O) groups is 1. The third-order valence-corrected chi connectivity index (χ3v) is 5.63. The predicted molar refractivity (Wildman–Crippen MR) is 82.4 cm³/mol. The second-order valence-electron chi connectivity index (χ2n) is 5.54. The van der Waals surface area contributed by atoms with Gasteiger partial charge in [0.15, 0.2) is 15.7 Å². The number of rotatable bonds is 3. The second kappa shape index (κ2) is 5.74. The highest BCUT2D eigenvalue weighted by atomic mass is 32.2. The molecule has 122 valence electrons. The number of carbonyl (C=O) groups excluding carboxylic acids is 1. The number of nitrogens with zero attached hydrogens (tertiary/aromatic N) is 3. The maximum atomic E-state index is 12.5. The van der Waals surface area contributed by atoms with E-state index >= 15 is 0 Å². The number of aromatic amines is 1. The summed E-state index contributed by atoms with van der Waals surface area (Å²) in [5.74, 6) is -0.267. The Labute approximate surface area is 133 Å². The molecular formula is C14H16N4O4S. The molecule has 8 nitrogen and oxygen atoms in total. The van der Waals surface area contributed by atoms with Crippen LogP contribution in [0.3, 0.4) is 0 Å². The van der Waals surface area contributed by atoms with E-state index in [1.54, 1.807) is 24.3 Å². The molecule has 0 radical (unpaired) electrons. The van der Waals surface area contributed by atoms with Crippen molar-refractivity contribution in [1.29, 1.82) is 0 Å². The molecule has 0 aliphatic carbocycles. The molecular weight excluding hydrogens is 320 g/mol. The summed E-state index contributed by atoms with van der Waals surface area (Å²) >= 11 is 0. The van der Waals surface area contributed by atoms with Crippen LogP contribution in [0, 0.1) is 0 Å². The number of benzene rings is 1. The molecule has 2 heterocycles. The van der Waals surface area contributed by atoms with Gasteiger partial charge in [-0.15, -0.1) is 0 Å². The average Bonchev–Trinajstić information content (AvgIpc) is 3.13. The highest BCUT2D eigenvalue weighted by Gasteiger charge is 2.40. The topological polar surface area (TPSA) is 116 Å². The number of hydrogen-bond acceptors (Lipinski definition) is 6. The van der Waals surface area contributed by atoms with Gasteiger partial charge in [-0.2, -0.15) is 5.10 Å². The van der Waals surface area contributed by atoms with E-state index in [1.807, 2.05) is 0 Å². The zero-order valence-electron chi connectivity index (χ0n) is 12.4. The van der Waals surface area contributed by atoms with Crippen LogP contribution in [0.2, 0.25) is 0 Å². The minimum absolute atomic E-state index is 0.216. The Kier molecular flexibility index (Phi) is 3.90. The summed E-state index contributed by atoms with van der Waals surface area (Å²) in [5.41, 5.74) is 1.19. The predicted octanol–water partition coefficient (Wildman–Crippen LogP) is -0.298. The van der Waals surface area contributed by atoms with E-state index in [1.165, 1.54) is 18.3 Å². The van der Waals surface area contributed by atoms with Crippen molar-refractivity contribution < 1.29 is 18.3 Å². The number of likely N-dealkylation sites (N-methyl/N-ethyl adjacent to an activating group) is 1. The van der Waals surface area contributed by atoms with Crippen LogP contribution in [0.5, 0.6) is 0 Å². The highest BCUT2D eigenvalue weighted by molar-refractivity contribution is 7.91. The van der Waals surface area contributed by atoms with Crippen LogP contribution in [0.25, 0.3) is 11.4 Å². The molecule has 0 spiro atoms. The normalized spacial score (nSPS) is 22.9. The van der Waals surface area contributed by atoms with Gasteiger partial charge in [0.25, 0.3) is 5.91 Å². The van der Waals surface area contributed by atoms with E-state index in [0.717, 1.165) is 5.56 Å². The summed E-state index contributed by atoms with van der Waals surface area (Å²) in [6.45, 7) is 0. The molecule has 1 amide bonds. The summed E-state index contributed by atoms with van der Waals surface area (Å²) in [6.07, 6.45) is 0.340. The lowest BCUT2D eigenvalue weighted by molar-refractivity contribution is 0.0581. The zero-order valence-corrected chi connectivity index (χ0v) is 13.2. The SMILES string of the molecule is CN(C(=O)c1ccc(-c2ncn[nH]2)cc1)[C@@H]1CS(=O)(=O)C[C@H]1O. The first-order valence-corrected chi connectivity index (χ1v) is 8.81. The molecule has 1 aromatic carbocycles. The van der Waals surface area contributed by atoms with Gasteiger partial charge in [0, 0.05) is 18.2 Å². The molecule has 2 aromatic rings. The number of aliphatic hydroxyl groups excluding tert-OH is 1. The van der Waals surface area contributed by atoms with Crippen molar-refractivity contribution >= 4 is 15.7 Å². The quantitative estimate of drug-likeness (QED) is 0.795. The van der Waals surface area contributed by atoms with Crippen molar-refractivity contribution in [3.8, 4) is 11.4 Å². The van der Waals surface area contributed by atoms with Gasteiger partial charge in [0.2, 0.25) is 0 Å². The van der Waals surface area contributed by atoms with Crippen LogP contribution in [-0.4, -0.2) is 70.2 Å². The van der Waals surface area contributed by atoms with E-state index in [2.05, 4.69) is 15.2 Å². The van der Waals surface area contributed by atoms with Gasteiger partial charge in [0.1, 0.15) is 6.33 Å². The molecule has 1 aliphatic heterocycles. The third kappa shape index (κ3) is 3.10. The van der Waals surface area contributed by atoms with Gasteiger partial charge >= 0.3 is 0 Å². The second-order valence-corrected chi connectivity index (χ2v) is 7.69. The lowest BCUT2D eigenvalue weighted by atomic mass is 10.1. The Bertz CT molecular complexity index is 802. The Hall–Kier alpha value is -2.26. The number of H-pyrrole nitrogens is 1. The molecule has 0 saturated carbocycles. The Morgan fingerprint density at radius 1 is 1.30 bits per heavy atom. The van der Waals surface area contributed by atoms with E-state index in [0.29, 0.717) is 11.4 Å². The largest absolute Gasteiger partial charge is 0.390 e. The van der Waals surface area contributed by atoms with Crippen LogP contribution in [0.4, 0.5) is 0 Å². The summed E-state index contributed by atoms with van der Waals surface area (Å²) < 4.78 is 23.2. The summed E-state index contributed by atoms with van der Waals surface area (Å²) in [6, 6.07) is 5.99. The smallest absolute Gasteiger partial charge is 0.253 e. The van der Waals surface area contributed by atoms with Crippen LogP contribution in [-0.2, 0) is 9.84 Å². The molecule has 0 unspecified atom stereocenters. The van der Waals surface area contributed by atoms with Gasteiger partial charge in [-0.1, -0.05) is 12.1 Å². The van der Waals surface area contributed by atoms with Crippen molar-refractivity contribution in [3.05, 3.63) is 36.2 Å². The molecule has 1 aromatic heterocycles. The van der Waals surface area contributed by atoms with E-state index in [4.69, 9.17) is 0 Å². The third-order valence-electron chi connectivity index (χ3n) is 3.93. The van der Waals surface area contributed by atoms with Gasteiger partial charge in [-0.05, 0) is 12.1 Å². The van der Waals surface area contributed by atoms with E-state index in [-0.39, 0.29) is 17.4 Å². The van der Waals surface area contributed by atoms with Crippen LogP contribution < -0.4 is 0 Å². The number of aromatic nitrogens is 3. The Morgan fingerprint density at radius 2 is 2.00 bits per heavy atom. The van der Waals surface area contributed by atoms with Crippen molar-refractivity contribution in [2.24, 2.45) is 0 Å². The molecule has 23 heavy (non-hydrogen) atoms. The van der Waals surface area contributed by atoms with Gasteiger partial charge in [-0.25, -0.2) is 13.4 Å². The average molecular weight is 336 g/mol. The maximum Gasteiger partial charge on any atom is 0.253 e. The first-order valence-electron chi connectivity index (χ1n) is 6.99. The standard InChI is InChI=1S/C14H16N4O4S/c1-18(11-6-23(21,22)7-12(11)19)14(20)10-4-2-9(3-5-10)13-15-8-16-17-13/h2-5,8,11-12,19H,6-7H2,1H3,(H,15,16,17)/t11-,12-/m1/s1. The zero-order chi connectivity index (χ0) is 16.6. The van der Waals surface area contributed by atoms with Crippen molar-refractivity contribution in [1.82, 2.24) is 20.1 Å². The molecule has 0 bridgehead atoms. The first-order chi connectivity index (χ1) is 10.9. The Morgan fingerprint density at radius 3 is 2.52 bits per heavy atom. The molecule has 2 N–H and O–H groups in total. The molecule has 1 saturated heterocycles. The van der Waals surface area contributed by atoms with Crippen molar-refractivity contribution in [2.75, 3.05) is 18.6 Å². The van der Waals surface area contributed by atoms with Crippen molar-refractivity contribution in [2.45, 2.75) is 12.1 Å². The molecule has 1 fully saturated rings. The lowest BCUT2D eigenvalue weighted by Gasteiger charge is -2.26. The lowest BCUT2D eigenvalue weighted by Crippen LogP contribution is -2.44. The molecule has 3 rings (SSSR count). The van der Waals surface area contributed by atoms with Gasteiger partial charge < -0.3 is 10.0 Å². The minimum Gasteiger partial charge on any atom is -0.390 e. The monoisotopic (exact) mass is 336 g/mol. The fraction of sp³-hybridized carbons (Fsp3) is 0.357. The van der Waals surface area contributed by atoms with E-state index < -0.39 is 22.0 Å². The van der Waals surface area contributed by atoms with Gasteiger partial charge in [-0.3, -0.25) is 9.89 Å². The maximum absolute atomic E-state index is 12.5. The van der Waals surface area contributed by atoms with Gasteiger partial charge in [0.05, 0.1) is 23.7 Å². The van der Waals surface area contributed by atoms with E-state index in [9.17, 15) is 18.3 Å². The Balaban J connectivity index is 1.78. The molecule has 2 atom stereocenters. The number of nitrogens with one attached hydrogen (secondary N) is 1. The molecule has 9 heteroatoms. The first kappa shape index (κ1) is 15.6. The van der Waals surface area contributed by atoms with Crippen LogP contribution in [0.15, 0.2) is 30.6 Å². The fourth-order valence-electron chi connectivity index (χ4n) is 2.65. The number of aliphatic hydroxyl groups is 1. The minimum atomic E-state index is -3.30. The van der Waals surface area contributed by atoms with Crippen molar-refractivity contribution in [3.63, 3.8) is 0 Å². The summed E-state index contributed by atoms with van der Waals surface area (Å²) in [4.78, 5) is 17.8. The summed E-state index contributed by atoms with van der Waals surface area (Å²) in [7, 11) is -1.80. The molecule has 1 aliphatic rings. The van der Waals surface area contributed by atoms with Crippen LogP contribution >= 0.6 is 0 Å². The number of sulfone groups is 1.